The number of anilines is 1. The highest BCUT2D eigenvalue weighted by Crippen LogP contribution is 2.43. The molecule has 130 valence electrons. The number of nitrogens with zero attached hydrogens (tertiary/aromatic N) is 2. The van der Waals surface area contributed by atoms with Crippen LogP contribution >= 0.6 is 0 Å². The van der Waals surface area contributed by atoms with Crippen LogP contribution in [0.4, 0.5) is 14.9 Å². The standard InChI is InChI=1S/C15H17FN2O5S/c1-10-8-15(5-6-17(10)14(20)21)13(19)9-24(22,23)18(15)12-4-2-3-11(16)7-12/h2-4,7,10H,5-6,8-9H2,1H3,(H,20,21). The van der Waals surface area contributed by atoms with E-state index in [-0.39, 0.29) is 25.1 Å². The molecule has 0 saturated carbocycles. The minimum absolute atomic E-state index is 0.0452. The molecule has 7 nitrogen and oxygen atoms in total. The summed E-state index contributed by atoms with van der Waals surface area (Å²) in [7, 11) is -3.92. The van der Waals surface area contributed by atoms with Crippen molar-refractivity contribution < 1.29 is 27.5 Å². The number of hydrogen-bond donors (Lipinski definition) is 1. The van der Waals surface area contributed by atoms with Gasteiger partial charge in [0.25, 0.3) is 0 Å². The molecule has 0 radical (unpaired) electrons. The van der Waals surface area contributed by atoms with Crippen molar-refractivity contribution >= 4 is 27.6 Å². The van der Waals surface area contributed by atoms with E-state index >= 15 is 0 Å². The minimum Gasteiger partial charge on any atom is -0.465 e. The van der Waals surface area contributed by atoms with Crippen molar-refractivity contribution in [3.63, 3.8) is 0 Å². The summed E-state index contributed by atoms with van der Waals surface area (Å²) in [6.45, 7) is 1.68. The van der Waals surface area contributed by atoms with Gasteiger partial charge in [-0.05, 0) is 38.0 Å². The molecule has 2 unspecified atom stereocenters. The van der Waals surface area contributed by atoms with Crippen LogP contribution < -0.4 is 4.31 Å². The Hall–Kier alpha value is -2.16. The van der Waals surface area contributed by atoms with Crippen molar-refractivity contribution in [1.29, 1.82) is 0 Å². The Labute approximate surface area is 138 Å². The molecular formula is C15H17FN2O5S. The van der Waals surface area contributed by atoms with E-state index in [1.165, 1.54) is 23.1 Å². The molecule has 1 N–H and O–H groups in total. The summed E-state index contributed by atoms with van der Waals surface area (Å²) >= 11 is 0. The lowest BCUT2D eigenvalue weighted by Crippen LogP contribution is -2.60. The molecule has 3 rings (SSSR count). The number of likely N-dealkylation sites (tertiary alicyclic amines) is 1. The fourth-order valence-electron chi connectivity index (χ4n) is 3.70. The Bertz CT molecular complexity index is 812. The fraction of sp³-hybridized carbons (Fsp3) is 0.467. The SMILES string of the molecule is CC1CC2(CCN1C(=O)O)C(=O)CS(=O)(=O)N2c1cccc(F)c1. The van der Waals surface area contributed by atoms with Gasteiger partial charge in [0.2, 0.25) is 10.0 Å². The highest BCUT2D eigenvalue weighted by atomic mass is 32.2. The second kappa shape index (κ2) is 5.44. The van der Waals surface area contributed by atoms with Crippen molar-refractivity contribution in [2.24, 2.45) is 0 Å². The van der Waals surface area contributed by atoms with E-state index in [9.17, 15) is 27.5 Å². The Morgan fingerprint density at radius 2 is 2.12 bits per heavy atom. The third-order valence-electron chi connectivity index (χ3n) is 4.72. The molecule has 1 aromatic carbocycles. The number of amides is 1. The first-order chi connectivity index (χ1) is 11.2. The molecule has 9 heteroatoms. The van der Waals surface area contributed by atoms with Gasteiger partial charge in [-0.1, -0.05) is 6.07 Å². The predicted molar refractivity (Wildman–Crippen MR) is 83.8 cm³/mol. The van der Waals surface area contributed by atoms with Gasteiger partial charge >= 0.3 is 6.09 Å². The zero-order valence-corrected chi connectivity index (χ0v) is 13.8. The maximum absolute atomic E-state index is 13.6. The van der Waals surface area contributed by atoms with E-state index in [1.54, 1.807) is 6.92 Å². The highest BCUT2D eigenvalue weighted by Gasteiger charge is 2.59. The van der Waals surface area contributed by atoms with E-state index in [0.29, 0.717) is 0 Å². The molecular weight excluding hydrogens is 339 g/mol. The summed E-state index contributed by atoms with van der Waals surface area (Å²) in [5.41, 5.74) is -1.25. The molecule has 1 spiro atoms. The van der Waals surface area contributed by atoms with Crippen LogP contribution in [-0.2, 0) is 14.8 Å². The number of ketones is 1. The third kappa shape index (κ3) is 2.43. The summed E-state index contributed by atoms with van der Waals surface area (Å²) in [4.78, 5) is 25.0. The molecule has 1 aromatic rings. The van der Waals surface area contributed by atoms with Crippen LogP contribution in [0, 0.1) is 5.82 Å². The zero-order valence-electron chi connectivity index (χ0n) is 13.0. The molecule has 2 aliphatic rings. The van der Waals surface area contributed by atoms with Crippen LogP contribution in [0.3, 0.4) is 0 Å². The minimum atomic E-state index is -3.92. The quantitative estimate of drug-likeness (QED) is 0.822. The number of sulfonamides is 1. The van der Waals surface area contributed by atoms with Gasteiger partial charge in [0, 0.05) is 12.6 Å². The lowest BCUT2D eigenvalue weighted by Gasteiger charge is -2.45. The number of rotatable bonds is 1. The summed E-state index contributed by atoms with van der Waals surface area (Å²) < 4.78 is 39.6. The number of benzene rings is 1. The first kappa shape index (κ1) is 16.7. The van der Waals surface area contributed by atoms with Crippen molar-refractivity contribution in [3.8, 4) is 0 Å². The van der Waals surface area contributed by atoms with Gasteiger partial charge in [0.15, 0.2) is 5.78 Å². The second-order valence-corrected chi connectivity index (χ2v) is 8.05. The van der Waals surface area contributed by atoms with Crippen molar-refractivity contribution in [3.05, 3.63) is 30.1 Å². The van der Waals surface area contributed by atoms with E-state index < -0.39 is 45.1 Å². The summed E-state index contributed by atoms with van der Waals surface area (Å²) in [6, 6.07) is 4.56. The number of piperidine rings is 1. The maximum Gasteiger partial charge on any atom is 0.407 e. The molecule has 2 heterocycles. The molecule has 0 aliphatic carbocycles. The molecule has 2 atom stereocenters. The Morgan fingerprint density at radius 3 is 2.71 bits per heavy atom. The summed E-state index contributed by atoms with van der Waals surface area (Å²) in [5, 5.41) is 9.19. The third-order valence-corrected chi connectivity index (χ3v) is 6.46. The number of carboxylic acid groups (broad SMARTS) is 1. The molecule has 1 amide bonds. The van der Waals surface area contributed by atoms with Crippen LogP contribution in [0.1, 0.15) is 19.8 Å². The van der Waals surface area contributed by atoms with E-state index in [0.717, 1.165) is 10.4 Å². The van der Waals surface area contributed by atoms with Gasteiger partial charge in [0.05, 0.1) is 5.69 Å². The van der Waals surface area contributed by atoms with Crippen molar-refractivity contribution in [1.82, 2.24) is 4.90 Å². The fourth-order valence-corrected chi connectivity index (χ4v) is 5.67. The Morgan fingerprint density at radius 1 is 1.42 bits per heavy atom. The highest BCUT2D eigenvalue weighted by molar-refractivity contribution is 7.94. The molecule has 24 heavy (non-hydrogen) atoms. The lowest BCUT2D eigenvalue weighted by molar-refractivity contribution is -0.122. The summed E-state index contributed by atoms with van der Waals surface area (Å²) in [6.07, 6.45) is -1.01. The van der Waals surface area contributed by atoms with Gasteiger partial charge in [-0.25, -0.2) is 17.6 Å². The first-order valence-corrected chi connectivity index (χ1v) is 9.10. The molecule has 2 fully saturated rings. The number of hydrogen-bond acceptors (Lipinski definition) is 4. The second-order valence-electron chi connectivity index (χ2n) is 6.23. The maximum atomic E-state index is 13.6. The number of halogens is 1. The van der Waals surface area contributed by atoms with Crippen LogP contribution in [0.5, 0.6) is 0 Å². The van der Waals surface area contributed by atoms with Crippen LogP contribution in [-0.4, -0.2) is 54.2 Å². The molecule has 0 aromatic heterocycles. The van der Waals surface area contributed by atoms with E-state index in [2.05, 4.69) is 0 Å². The lowest BCUT2D eigenvalue weighted by atomic mass is 9.80. The Balaban J connectivity index is 2.08. The van der Waals surface area contributed by atoms with E-state index in [1.807, 2.05) is 0 Å². The molecule has 2 saturated heterocycles. The van der Waals surface area contributed by atoms with Gasteiger partial charge in [0.1, 0.15) is 17.1 Å². The monoisotopic (exact) mass is 356 g/mol. The van der Waals surface area contributed by atoms with Gasteiger partial charge < -0.3 is 10.0 Å². The van der Waals surface area contributed by atoms with Crippen molar-refractivity contribution in [2.45, 2.75) is 31.3 Å². The number of Topliss-reactive ketones (excluding diaryl/α,β-unsaturated/α-hetero) is 1. The first-order valence-electron chi connectivity index (χ1n) is 7.49. The normalized spacial score (nSPS) is 29.2. The van der Waals surface area contributed by atoms with Crippen molar-refractivity contribution in [2.75, 3.05) is 16.6 Å². The zero-order chi connectivity index (χ0) is 17.7. The Kier molecular flexibility index (Phi) is 3.78. The van der Waals surface area contributed by atoms with Gasteiger partial charge in [-0.3, -0.25) is 9.10 Å². The van der Waals surface area contributed by atoms with Gasteiger partial charge in [-0.15, -0.1) is 0 Å². The largest absolute Gasteiger partial charge is 0.465 e. The van der Waals surface area contributed by atoms with Gasteiger partial charge in [-0.2, -0.15) is 0 Å². The predicted octanol–water partition coefficient (Wildman–Crippen LogP) is 1.45. The number of carbonyl (C=O) groups excluding carboxylic acids is 1. The van der Waals surface area contributed by atoms with Crippen LogP contribution in [0.25, 0.3) is 0 Å². The summed E-state index contributed by atoms with van der Waals surface area (Å²) in [5.74, 6) is -1.72. The smallest absolute Gasteiger partial charge is 0.407 e. The van der Waals surface area contributed by atoms with Crippen LogP contribution in [0.2, 0.25) is 0 Å². The molecule has 0 bridgehead atoms. The topological polar surface area (TPSA) is 95.0 Å². The number of carbonyl (C=O) groups is 2. The molecule has 2 aliphatic heterocycles. The van der Waals surface area contributed by atoms with Crippen LogP contribution in [0.15, 0.2) is 24.3 Å². The van der Waals surface area contributed by atoms with E-state index in [4.69, 9.17) is 0 Å². The average Bonchev–Trinajstić information content (AvgIpc) is 2.64. The average molecular weight is 356 g/mol.